The van der Waals surface area contributed by atoms with Crippen LogP contribution in [0.3, 0.4) is 0 Å². The molecule has 96 valence electrons. The molecule has 2 N–H and O–H groups in total. The molecule has 1 atom stereocenters. The van der Waals surface area contributed by atoms with Crippen LogP contribution in [0, 0.1) is 11.3 Å². The van der Waals surface area contributed by atoms with Gasteiger partial charge in [-0.05, 0) is 30.7 Å². The van der Waals surface area contributed by atoms with Crippen molar-refractivity contribution >= 4 is 23.4 Å². The van der Waals surface area contributed by atoms with Gasteiger partial charge >= 0.3 is 0 Å². The van der Waals surface area contributed by atoms with Crippen LogP contribution in [0.2, 0.25) is 0 Å². The van der Waals surface area contributed by atoms with Crippen LogP contribution in [0.4, 0.5) is 5.69 Å². The second-order valence-electron chi connectivity index (χ2n) is 3.87. The van der Waals surface area contributed by atoms with Gasteiger partial charge < -0.3 is 10.4 Å². The topological polar surface area (TPSA) is 73.1 Å². The minimum Gasteiger partial charge on any atom is -0.396 e. The normalized spacial score (nSPS) is 11.6. The minimum absolute atomic E-state index is 0.0745. The van der Waals surface area contributed by atoms with Crippen molar-refractivity contribution in [3.8, 4) is 6.07 Å². The van der Waals surface area contributed by atoms with Gasteiger partial charge in [-0.1, -0.05) is 6.92 Å². The molecular formula is C13H16N2O2S. The van der Waals surface area contributed by atoms with E-state index in [9.17, 15) is 4.79 Å². The molecule has 1 unspecified atom stereocenters. The summed E-state index contributed by atoms with van der Waals surface area (Å²) in [5.41, 5.74) is 1.26. The molecular weight excluding hydrogens is 248 g/mol. The summed E-state index contributed by atoms with van der Waals surface area (Å²) in [4.78, 5) is 11.6. The van der Waals surface area contributed by atoms with Gasteiger partial charge in [-0.25, -0.2) is 0 Å². The highest BCUT2D eigenvalue weighted by Crippen LogP contribution is 2.14. The van der Waals surface area contributed by atoms with Gasteiger partial charge in [-0.15, -0.1) is 11.8 Å². The number of carbonyl (C=O) groups is 1. The molecule has 0 aliphatic rings. The Morgan fingerprint density at radius 3 is 2.72 bits per heavy atom. The number of hydrogen-bond acceptors (Lipinski definition) is 4. The molecule has 1 amide bonds. The molecule has 0 radical (unpaired) electrons. The smallest absolute Gasteiger partial charge is 0.234 e. The zero-order chi connectivity index (χ0) is 13.4. The summed E-state index contributed by atoms with van der Waals surface area (Å²) in [5.74, 6) is 0.288. The summed E-state index contributed by atoms with van der Waals surface area (Å²) in [6.45, 7) is 2.13. The van der Waals surface area contributed by atoms with Crippen molar-refractivity contribution in [3.63, 3.8) is 0 Å². The zero-order valence-electron chi connectivity index (χ0n) is 10.2. The Morgan fingerprint density at radius 1 is 1.50 bits per heavy atom. The van der Waals surface area contributed by atoms with Gasteiger partial charge in [0.1, 0.15) is 0 Å². The zero-order valence-corrected chi connectivity index (χ0v) is 11.0. The van der Waals surface area contributed by atoms with E-state index in [0.29, 0.717) is 23.4 Å². The lowest BCUT2D eigenvalue weighted by Gasteiger charge is -2.09. The number of aliphatic hydroxyl groups excluding tert-OH is 1. The first-order valence-corrected chi connectivity index (χ1v) is 6.73. The van der Waals surface area contributed by atoms with Gasteiger partial charge in [0.2, 0.25) is 5.91 Å². The van der Waals surface area contributed by atoms with Crippen molar-refractivity contribution in [1.82, 2.24) is 0 Å². The SMILES string of the molecule is CC(CCO)SCC(=O)Nc1ccc(C#N)cc1. The lowest BCUT2D eigenvalue weighted by Crippen LogP contribution is -2.16. The average Bonchev–Trinajstić information content (AvgIpc) is 2.38. The summed E-state index contributed by atoms with van der Waals surface area (Å²) in [6.07, 6.45) is 0.689. The number of anilines is 1. The van der Waals surface area contributed by atoms with E-state index in [4.69, 9.17) is 10.4 Å². The van der Waals surface area contributed by atoms with E-state index in [1.54, 1.807) is 24.3 Å². The molecule has 0 saturated heterocycles. The predicted molar refractivity (Wildman–Crippen MR) is 73.4 cm³/mol. The van der Waals surface area contributed by atoms with Crippen LogP contribution in [0.15, 0.2) is 24.3 Å². The standard InChI is InChI=1S/C13H16N2O2S/c1-10(6-7-16)18-9-13(17)15-12-4-2-11(8-14)3-5-12/h2-5,10,16H,6-7,9H2,1H3,(H,15,17). The minimum atomic E-state index is -0.0745. The largest absolute Gasteiger partial charge is 0.396 e. The first-order chi connectivity index (χ1) is 8.65. The summed E-state index contributed by atoms with van der Waals surface area (Å²) in [6, 6.07) is 8.76. The first kappa shape index (κ1) is 14.6. The molecule has 1 aromatic rings. The maximum absolute atomic E-state index is 11.6. The quantitative estimate of drug-likeness (QED) is 0.824. The molecule has 0 saturated carbocycles. The van der Waals surface area contributed by atoms with Crippen molar-refractivity contribution < 1.29 is 9.90 Å². The molecule has 0 aliphatic heterocycles. The van der Waals surface area contributed by atoms with Crippen LogP contribution in [0.5, 0.6) is 0 Å². The van der Waals surface area contributed by atoms with Crippen molar-refractivity contribution in [2.45, 2.75) is 18.6 Å². The highest BCUT2D eigenvalue weighted by atomic mass is 32.2. The van der Waals surface area contributed by atoms with Gasteiger partial charge in [0.25, 0.3) is 0 Å². The summed E-state index contributed by atoms with van der Waals surface area (Å²) in [7, 11) is 0. The molecule has 5 heteroatoms. The molecule has 0 heterocycles. The Bertz CT molecular complexity index is 426. The third kappa shape index (κ3) is 5.21. The highest BCUT2D eigenvalue weighted by molar-refractivity contribution is 8.00. The molecule has 1 rings (SSSR count). The van der Waals surface area contributed by atoms with Gasteiger partial charge in [0, 0.05) is 17.5 Å². The maximum atomic E-state index is 11.6. The second kappa shape index (κ2) is 7.75. The van der Waals surface area contributed by atoms with Crippen molar-refractivity contribution in [2.75, 3.05) is 17.7 Å². The van der Waals surface area contributed by atoms with Gasteiger partial charge in [-0.3, -0.25) is 4.79 Å². The Labute approximate surface area is 111 Å². The summed E-state index contributed by atoms with van der Waals surface area (Å²) >= 11 is 1.51. The van der Waals surface area contributed by atoms with E-state index in [1.807, 2.05) is 13.0 Å². The van der Waals surface area contributed by atoms with Crippen molar-refractivity contribution in [3.05, 3.63) is 29.8 Å². The molecule has 0 bridgehead atoms. The van der Waals surface area contributed by atoms with Gasteiger partial charge in [-0.2, -0.15) is 5.26 Å². The van der Waals surface area contributed by atoms with Crippen LogP contribution in [0.25, 0.3) is 0 Å². The second-order valence-corrected chi connectivity index (χ2v) is 5.30. The fourth-order valence-corrected chi connectivity index (χ4v) is 2.09. The summed E-state index contributed by atoms with van der Waals surface area (Å²) < 4.78 is 0. The van der Waals surface area contributed by atoms with E-state index in [0.717, 1.165) is 0 Å². The van der Waals surface area contributed by atoms with Gasteiger partial charge in [0.15, 0.2) is 0 Å². The monoisotopic (exact) mass is 264 g/mol. The number of nitrogens with one attached hydrogen (secondary N) is 1. The van der Waals surface area contributed by atoms with Crippen LogP contribution < -0.4 is 5.32 Å². The third-order valence-electron chi connectivity index (χ3n) is 2.33. The number of thioether (sulfide) groups is 1. The summed E-state index contributed by atoms with van der Waals surface area (Å²) in [5, 5.41) is 20.4. The maximum Gasteiger partial charge on any atom is 0.234 e. The number of rotatable bonds is 6. The van der Waals surface area contributed by atoms with Crippen LogP contribution >= 0.6 is 11.8 Å². The Balaban J connectivity index is 2.37. The number of benzene rings is 1. The van der Waals surface area contributed by atoms with E-state index < -0.39 is 0 Å². The molecule has 4 nitrogen and oxygen atoms in total. The first-order valence-electron chi connectivity index (χ1n) is 5.68. The predicted octanol–water partition coefficient (Wildman–Crippen LogP) is 2.00. The fraction of sp³-hybridized carbons (Fsp3) is 0.385. The lowest BCUT2D eigenvalue weighted by atomic mass is 10.2. The van der Waals surface area contributed by atoms with Crippen LogP contribution in [-0.4, -0.2) is 28.6 Å². The number of carbonyl (C=O) groups excluding carboxylic acids is 1. The Kier molecular flexibility index (Phi) is 6.26. The van der Waals surface area contributed by atoms with E-state index in [2.05, 4.69) is 5.32 Å². The number of amides is 1. The highest BCUT2D eigenvalue weighted by Gasteiger charge is 2.07. The third-order valence-corrected chi connectivity index (χ3v) is 3.57. The van der Waals surface area contributed by atoms with Crippen molar-refractivity contribution in [2.24, 2.45) is 0 Å². The molecule has 18 heavy (non-hydrogen) atoms. The van der Waals surface area contributed by atoms with Crippen LogP contribution in [-0.2, 0) is 4.79 Å². The van der Waals surface area contributed by atoms with Crippen LogP contribution in [0.1, 0.15) is 18.9 Å². The molecule has 0 fully saturated rings. The average molecular weight is 264 g/mol. The van der Waals surface area contributed by atoms with E-state index in [1.165, 1.54) is 11.8 Å². The number of nitriles is 1. The molecule has 0 spiro atoms. The molecule has 1 aromatic carbocycles. The Morgan fingerprint density at radius 2 is 2.17 bits per heavy atom. The van der Waals surface area contributed by atoms with Crippen molar-refractivity contribution in [1.29, 1.82) is 5.26 Å². The number of nitrogens with zero attached hydrogens (tertiary/aromatic N) is 1. The number of aliphatic hydroxyl groups is 1. The van der Waals surface area contributed by atoms with E-state index in [-0.39, 0.29) is 17.8 Å². The lowest BCUT2D eigenvalue weighted by molar-refractivity contribution is -0.113. The molecule has 0 aliphatic carbocycles. The number of hydrogen-bond donors (Lipinski definition) is 2. The van der Waals surface area contributed by atoms with E-state index >= 15 is 0 Å². The fourth-order valence-electron chi connectivity index (χ4n) is 1.31. The van der Waals surface area contributed by atoms with Gasteiger partial charge in [0.05, 0.1) is 17.4 Å². The molecule has 0 aromatic heterocycles. The Hall–Kier alpha value is -1.51.